The largest absolute Gasteiger partial charge is 0.300 e. The molecule has 98 valence electrons. The van der Waals surface area contributed by atoms with E-state index in [2.05, 4.69) is 25.7 Å². The highest BCUT2D eigenvalue weighted by Gasteiger charge is 2.55. The summed E-state index contributed by atoms with van der Waals surface area (Å²) in [5.41, 5.74) is 1.17. The molecule has 1 heterocycles. The molecule has 2 bridgehead atoms. The third kappa shape index (κ3) is 1.77. The van der Waals surface area contributed by atoms with E-state index in [1.807, 2.05) is 0 Å². The van der Waals surface area contributed by atoms with Crippen molar-refractivity contribution < 1.29 is 0 Å². The van der Waals surface area contributed by atoms with E-state index in [9.17, 15) is 0 Å². The Labute approximate surface area is 107 Å². The zero-order valence-electron chi connectivity index (χ0n) is 12.0. The van der Waals surface area contributed by atoms with Crippen LogP contribution >= 0.6 is 0 Å². The Hall–Kier alpha value is -0.0400. The molecule has 3 fully saturated rings. The van der Waals surface area contributed by atoms with Gasteiger partial charge in [0.15, 0.2) is 0 Å². The summed E-state index contributed by atoms with van der Waals surface area (Å²) in [5, 5.41) is 0. The van der Waals surface area contributed by atoms with Gasteiger partial charge in [0.1, 0.15) is 0 Å². The zero-order chi connectivity index (χ0) is 12.1. The molecule has 1 saturated heterocycles. The number of fused-ring (bicyclic) bond motifs is 2. The first-order valence-electron chi connectivity index (χ1n) is 7.77. The van der Waals surface area contributed by atoms with Gasteiger partial charge in [0, 0.05) is 19.1 Å². The summed E-state index contributed by atoms with van der Waals surface area (Å²) >= 11 is 0. The Balaban J connectivity index is 1.75. The molecule has 1 nitrogen and oxygen atoms in total. The molecule has 2 saturated carbocycles. The van der Waals surface area contributed by atoms with Crippen LogP contribution in [0.15, 0.2) is 0 Å². The van der Waals surface area contributed by atoms with Crippen LogP contribution in [0, 0.1) is 16.7 Å². The maximum absolute atomic E-state index is 2.88. The lowest BCUT2D eigenvalue weighted by Crippen LogP contribution is -2.55. The van der Waals surface area contributed by atoms with Crippen molar-refractivity contribution in [2.45, 2.75) is 71.8 Å². The molecule has 3 aliphatic rings. The lowest BCUT2D eigenvalue weighted by molar-refractivity contribution is -0.0416. The van der Waals surface area contributed by atoms with Crippen molar-refractivity contribution in [2.24, 2.45) is 16.7 Å². The molecule has 0 amide bonds. The predicted molar refractivity (Wildman–Crippen MR) is 73.1 cm³/mol. The van der Waals surface area contributed by atoms with Crippen molar-refractivity contribution in [2.75, 3.05) is 13.1 Å². The van der Waals surface area contributed by atoms with Crippen LogP contribution in [0.5, 0.6) is 0 Å². The molecule has 1 heteroatoms. The molecule has 0 aromatic heterocycles. The van der Waals surface area contributed by atoms with Gasteiger partial charge in [-0.1, -0.05) is 40.0 Å². The number of nitrogens with zero attached hydrogens (tertiary/aromatic N) is 1. The first-order chi connectivity index (χ1) is 8.03. The van der Waals surface area contributed by atoms with Crippen LogP contribution < -0.4 is 0 Å². The van der Waals surface area contributed by atoms with Gasteiger partial charge in [-0.15, -0.1) is 0 Å². The van der Waals surface area contributed by atoms with Crippen molar-refractivity contribution in [3.8, 4) is 0 Å². The Morgan fingerprint density at radius 3 is 2.29 bits per heavy atom. The van der Waals surface area contributed by atoms with E-state index >= 15 is 0 Å². The van der Waals surface area contributed by atoms with Gasteiger partial charge in [0.25, 0.3) is 0 Å². The number of piperidine rings is 1. The summed E-state index contributed by atoms with van der Waals surface area (Å²) in [6, 6.07) is 0.930. The summed E-state index contributed by atoms with van der Waals surface area (Å²) in [5.74, 6) is 0.961. The van der Waals surface area contributed by atoms with Gasteiger partial charge in [0.05, 0.1) is 0 Å². The van der Waals surface area contributed by atoms with Crippen LogP contribution in [0.3, 0.4) is 0 Å². The summed E-state index contributed by atoms with van der Waals surface area (Å²) in [6.45, 7) is 10.4. The third-order valence-electron chi connectivity index (χ3n) is 6.72. The summed E-state index contributed by atoms with van der Waals surface area (Å²) in [4.78, 5) is 2.88. The quantitative estimate of drug-likeness (QED) is 0.662. The van der Waals surface area contributed by atoms with Crippen molar-refractivity contribution in [3.05, 3.63) is 0 Å². The normalized spacial score (nSPS) is 42.9. The average Bonchev–Trinajstić information content (AvgIpc) is 2.49. The smallest absolute Gasteiger partial charge is 0.00956 e. The Bertz CT molecular complexity index is 290. The van der Waals surface area contributed by atoms with Crippen LogP contribution in [0.1, 0.15) is 65.7 Å². The Morgan fingerprint density at radius 1 is 0.941 bits per heavy atom. The molecule has 0 spiro atoms. The Morgan fingerprint density at radius 2 is 1.65 bits per heavy atom. The second-order valence-electron chi connectivity index (χ2n) is 7.74. The lowest BCUT2D eigenvalue weighted by atomic mass is 9.63. The Kier molecular flexibility index (Phi) is 2.81. The second-order valence-corrected chi connectivity index (χ2v) is 7.74. The van der Waals surface area contributed by atoms with E-state index in [1.54, 1.807) is 0 Å². The zero-order valence-corrected chi connectivity index (χ0v) is 12.0. The monoisotopic (exact) mass is 235 g/mol. The van der Waals surface area contributed by atoms with Gasteiger partial charge in [-0.25, -0.2) is 0 Å². The van der Waals surface area contributed by atoms with E-state index in [4.69, 9.17) is 0 Å². The highest BCUT2D eigenvalue weighted by molar-refractivity contribution is 5.06. The van der Waals surface area contributed by atoms with Gasteiger partial charge >= 0.3 is 0 Å². The molecule has 3 rings (SSSR count). The molecule has 0 radical (unpaired) electrons. The van der Waals surface area contributed by atoms with Gasteiger partial charge in [-0.05, 0) is 42.4 Å². The molecule has 1 aliphatic heterocycles. The minimum Gasteiger partial charge on any atom is -0.300 e. The average molecular weight is 235 g/mol. The number of rotatable bonds is 1. The lowest BCUT2D eigenvalue weighted by Gasteiger charge is -2.53. The molecule has 0 aromatic rings. The van der Waals surface area contributed by atoms with Crippen molar-refractivity contribution in [3.63, 3.8) is 0 Å². The van der Waals surface area contributed by atoms with Crippen LogP contribution in [-0.2, 0) is 0 Å². The molecule has 17 heavy (non-hydrogen) atoms. The van der Waals surface area contributed by atoms with E-state index in [1.165, 1.54) is 58.0 Å². The summed E-state index contributed by atoms with van der Waals surface area (Å²) in [6.07, 6.45) is 10.3. The minimum atomic E-state index is 0.582. The highest BCUT2D eigenvalue weighted by Crippen LogP contribution is 2.59. The number of likely N-dealkylation sites (tertiary alicyclic amines) is 1. The molecule has 0 N–H and O–H groups in total. The molecule has 2 atom stereocenters. The standard InChI is InChI=1S/C16H29N/c1-15(2)13-9-10-16(15,3)12-17(11-13)14-7-5-4-6-8-14/h13-14H,4-12H2,1-3H3/t13?,16-/m1/s1. The number of hydrogen-bond donors (Lipinski definition) is 0. The van der Waals surface area contributed by atoms with Crippen LogP contribution in [0.4, 0.5) is 0 Å². The van der Waals surface area contributed by atoms with Gasteiger partial charge in [0.2, 0.25) is 0 Å². The molecule has 0 aromatic carbocycles. The van der Waals surface area contributed by atoms with Gasteiger partial charge < -0.3 is 0 Å². The molecule has 2 aliphatic carbocycles. The van der Waals surface area contributed by atoms with Crippen molar-refractivity contribution >= 4 is 0 Å². The van der Waals surface area contributed by atoms with Crippen LogP contribution in [0.2, 0.25) is 0 Å². The second kappa shape index (κ2) is 3.98. The topological polar surface area (TPSA) is 3.24 Å². The molecular formula is C16H29N. The molecular weight excluding hydrogens is 206 g/mol. The fourth-order valence-corrected chi connectivity index (χ4v) is 4.79. The first kappa shape index (κ1) is 12.0. The van der Waals surface area contributed by atoms with Crippen LogP contribution in [0.25, 0.3) is 0 Å². The maximum Gasteiger partial charge on any atom is 0.00956 e. The first-order valence-corrected chi connectivity index (χ1v) is 7.77. The van der Waals surface area contributed by atoms with Crippen molar-refractivity contribution in [1.82, 2.24) is 4.90 Å². The van der Waals surface area contributed by atoms with Crippen LogP contribution in [-0.4, -0.2) is 24.0 Å². The number of hydrogen-bond acceptors (Lipinski definition) is 1. The third-order valence-corrected chi connectivity index (χ3v) is 6.72. The highest BCUT2D eigenvalue weighted by atomic mass is 15.2. The summed E-state index contributed by atoms with van der Waals surface area (Å²) in [7, 11) is 0. The minimum absolute atomic E-state index is 0.582. The SMILES string of the molecule is CC1(C)C2CC[C@]1(C)CN(C1CCCCC1)C2. The molecule has 1 unspecified atom stereocenters. The van der Waals surface area contributed by atoms with E-state index in [0.717, 1.165) is 12.0 Å². The van der Waals surface area contributed by atoms with E-state index in [-0.39, 0.29) is 0 Å². The fourth-order valence-electron chi connectivity index (χ4n) is 4.79. The van der Waals surface area contributed by atoms with Crippen molar-refractivity contribution in [1.29, 1.82) is 0 Å². The van der Waals surface area contributed by atoms with Gasteiger partial charge in [-0.3, -0.25) is 4.90 Å². The fraction of sp³-hybridized carbons (Fsp3) is 1.00. The maximum atomic E-state index is 2.88. The van der Waals surface area contributed by atoms with E-state index < -0.39 is 0 Å². The van der Waals surface area contributed by atoms with E-state index in [0.29, 0.717) is 10.8 Å². The summed E-state index contributed by atoms with van der Waals surface area (Å²) < 4.78 is 0. The van der Waals surface area contributed by atoms with Gasteiger partial charge in [-0.2, -0.15) is 0 Å². The predicted octanol–water partition coefficient (Wildman–Crippen LogP) is 4.08.